The Kier molecular flexibility index (Phi) is 5.39. The number of halogens is 2. The molecule has 0 saturated heterocycles. The van der Waals surface area contributed by atoms with Crippen LogP contribution in [0.4, 0.5) is 0 Å². The van der Waals surface area contributed by atoms with Gasteiger partial charge >= 0.3 is 0 Å². The molecule has 15 heavy (non-hydrogen) atoms. The number of hydrogen-bond acceptors (Lipinski definition) is 3. The number of nitrogens with two attached hydrogens (primary N) is 1. The van der Waals surface area contributed by atoms with Crippen molar-refractivity contribution in [2.45, 2.75) is 6.10 Å². The maximum atomic E-state index is 5.81. The van der Waals surface area contributed by atoms with Crippen molar-refractivity contribution in [1.29, 1.82) is 0 Å². The second-order valence-corrected chi connectivity index (χ2v) is 4.30. The van der Waals surface area contributed by atoms with Gasteiger partial charge in [-0.05, 0) is 34.1 Å². The number of hydrogen-bond donors (Lipinski definition) is 1. The maximum Gasteiger partial charge on any atom is 0.134 e. The van der Waals surface area contributed by atoms with E-state index in [4.69, 9.17) is 26.8 Å². The Balaban J connectivity index is 2.70. The van der Waals surface area contributed by atoms with Crippen molar-refractivity contribution >= 4 is 27.5 Å². The minimum Gasteiger partial charge on any atom is -0.486 e. The van der Waals surface area contributed by atoms with Gasteiger partial charge in [-0.2, -0.15) is 0 Å². The van der Waals surface area contributed by atoms with Crippen LogP contribution < -0.4 is 10.5 Å². The van der Waals surface area contributed by atoms with Gasteiger partial charge in [0.1, 0.15) is 11.9 Å². The van der Waals surface area contributed by atoms with Gasteiger partial charge in [0.2, 0.25) is 0 Å². The Morgan fingerprint density at radius 1 is 1.53 bits per heavy atom. The van der Waals surface area contributed by atoms with Crippen molar-refractivity contribution in [2.75, 3.05) is 20.3 Å². The topological polar surface area (TPSA) is 44.5 Å². The van der Waals surface area contributed by atoms with Crippen molar-refractivity contribution in [3.8, 4) is 5.75 Å². The summed E-state index contributed by atoms with van der Waals surface area (Å²) < 4.78 is 11.4. The van der Waals surface area contributed by atoms with Gasteiger partial charge in [-0.3, -0.25) is 0 Å². The van der Waals surface area contributed by atoms with Crippen LogP contribution in [0.2, 0.25) is 5.02 Å². The summed E-state index contributed by atoms with van der Waals surface area (Å²) >= 11 is 9.18. The van der Waals surface area contributed by atoms with E-state index in [1.54, 1.807) is 25.3 Å². The van der Waals surface area contributed by atoms with Crippen LogP contribution >= 0.6 is 27.5 Å². The molecule has 0 saturated carbocycles. The lowest BCUT2D eigenvalue weighted by Crippen LogP contribution is -2.31. The zero-order valence-corrected chi connectivity index (χ0v) is 10.7. The van der Waals surface area contributed by atoms with Crippen LogP contribution in [-0.4, -0.2) is 26.4 Å². The SMILES string of the molecule is COCC(CN)Oc1ccc(Cl)cc1Br. The fourth-order valence-electron chi connectivity index (χ4n) is 1.09. The molecular weight excluding hydrogens is 281 g/mol. The second kappa shape index (κ2) is 6.33. The maximum absolute atomic E-state index is 5.81. The fraction of sp³-hybridized carbons (Fsp3) is 0.400. The molecule has 5 heteroatoms. The molecule has 0 spiro atoms. The largest absolute Gasteiger partial charge is 0.486 e. The molecule has 1 unspecified atom stereocenters. The molecule has 0 radical (unpaired) electrons. The molecule has 1 atom stereocenters. The molecule has 0 aromatic heterocycles. The monoisotopic (exact) mass is 293 g/mol. The molecule has 84 valence electrons. The van der Waals surface area contributed by atoms with Crippen molar-refractivity contribution in [1.82, 2.24) is 0 Å². The van der Waals surface area contributed by atoms with E-state index in [1.807, 2.05) is 0 Å². The Labute approximate surface area is 103 Å². The fourth-order valence-corrected chi connectivity index (χ4v) is 1.86. The van der Waals surface area contributed by atoms with Crippen LogP contribution in [-0.2, 0) is 4.74 Å². The van der Waals surface area contributed by atoms with Crippen molar-refractivity contribution in [2.24, 2.45) is 5.73 Å². The molecule has 0 aliphatic carbocycles. The van der Waals surface area contributed by atoms with Gasteiger partial charge in [-0.15, -0.1) is 0 Å². The lowest BCUT2D eigenvalue weighted by molar-refractivity contribution is 0.0855. The summed E-state index contributed by atoms with van der Waals surface area (Å²) in [6, 6.07) is 5.34. The van der Waals surface area contributed by atoms with Crippen LogP contribution in [0.5, 0.6) is 5.75 Å². The van der Waals surface area contributed by atoms with Crippen molar-refractivity contribution in [3.05, 3.63) is 27.7 Å². The van der Waals surface area contributed by atoms with Crippen molar-refractivity contribution in [3.63, 3.8) is 0 Å². The van der Waals surface area contributed by atoms with Gasteiger partial charge in [0.25, 0.3) is 0 Å². The predicted molar refractivity (Wildman–Crippen MR) is 64.5 cm³/mol. The quantitative estimate of drug-likeness (QED) is 0.907. The molecule has 1 aromatic carbocycles. The Hall–Kier alpha value is -0.290. The number of ether oxygens (including phenoxy) is 2. The average Bonchev–Trinajstić information content (AvgIpc) is 2.21. The molecule has 0 amide bonds. The third kappa shape index (κ3) is 3.99. The Bertz CT molecular complexity index is 322. The Morgan fingerprint density at radius 2 is 2.27 bits per heavy atom. The third-order valence-corrected chi connectivity index (χ3v) is 2.66. The molecule has 3 nitrogen and oxygen atoms in total. The first-order chi connectivity index (χ1) is 7.17. The lowest BCUT2D eigenvalue weighted by Gasteiger charge is -2.17. The van der Waals surface area contributed by atoms with E-state index in [-0.39, 0.29) is 6.10 Å². The number of methoxy groups -OCH3 is 1. The van der Waals surface area contributed by atoms with E-state index < -0.39 is 0 Å². The summed E-state index contributed by atoms with van der Waals surface area (Å²) in [6.45, 7) is 0.870. The van der Waals surface area contributed by atoms with Crippen LogP contribution in [0.25, 0.3) is 0 Å². The standard InChI is InChI=1S/C10H13BrClNO2/c1-14-6-8(5-13)15-10-3-2-7(12)4-9(10)11/h2-4,8H,5-6,13H2,1H3. The summed E-state index contributed by atoms with van der Waals surface area (Å²) in [7, 11) is 1.61. The first-order valence-electron chi connectivity index (χ1n) is 4.48. The molecule has 1 aromatic rings. The summed E-state index contributed by atoms with van der Waals surface area (Å²) in [6.07, 6.45) is -0.146. The van der Waals surface area contributed by atoms with E-state index in [0.717, 1.165) is 4.47 Å². The number of benzene rings is 1. The van der Waals surface area contributed by atoms with Gasteiger partial charge in [-0.25, -0.2) is 0 Å². The van der Waals surface area contributed by atoms with Gasteiger partial charge in [0.05, 0.1) is 11.1 Å². The highest BCUT2D eigenvalue weighted by Gasteiger charge is 2.10. The third-order valence-electron chi connectivity index (χ3n) is 1.80. The zero-order valence-electron chi connectivity index (χ0n) is 8.37. The molecular formula is C10H13BrClNO2. The molecule has 1 rings (SSSR count). The van der Waals surface area contributed by atoms with Crippen molar-refractivity contribution < 1.29 is 9.47 Å². The van der Waals surface area contributed by atoms with Gasteiger partial charge in [-0.1, -0.05) is 11.6 Å². The van der Waals surface area contributed by atoms with E-state index >= 15 is 0 Å². The van der Waals surface area contributed by atoms with E-state index in [1.165, 1.54) is 0 Å². The smallest absolute Gasteiger partial charge is 0.134 e. The van der Waals surface area contributed by atoms with Crippen LogP contribution in [0.1, 0.15) is 0 Å². The normalized spacial score (nSPS) is 12.5. The second-order valence-electron chi connectivity index (χ2n) is 3.01. The lowest BCUT2D eigenvalue weighted by atomic mass is 10.3. The molecule has 2 N–H and O–H groups in total. The van der Waals surface area contributed by atoms with Crippen LogP contribution in [0.3, 0.4) is 0 Å². The zero-order chi connectivity index (χ0) is 11.3. The van der Waals surface area contributed by atoms with E-state index in [0.29, 0.717) is 23.9 Å². The molecule has 0 heterocycles. The average molecular weight is 295 g/mol. The summed E-state index contributed by atoms with van der Waals surface area (Å²) in [5, 5.41) is 0.658. The van der Waals surface area contributed by atoms with Gasteiger partial charge in [0, 0.05) is 18.7 Å². The van der Waals surface area contributed by atoms with Gasteiger partial charge in [0.15, 0.2) is 0 Å². The van der Waals surface area contributed by atoms with Crippen LogP contribution in [0.15, 0.2) is 22.7 Å². The van der Waals surface area contributed by atoms with Crippen LogP contribution in [0, 0.1) is 0 Å². The first kappa shape index (κ1) is 12.8. The molecule has 0 aliphatic heterocycles. The Morgan fingerprint density at radius 3 is 2.80 bits per heavy atom. The van der Waals surface area contributed by atoms with Gasteiger partial charge < -0.3 is 15.2 Å². The minimum absolute atomic E-state index is 0.146. The number of rotatable bonds is 5. The summed E-state index contributed by atoms with van der Waals surface area (Å²) in [5.41, 5.74) is 5.54. The summed E-state index contributed by atoms with van der Waals surface area (Å²) in [4.78, 5) is 0. The highest BCUT2D eigenvalue weighted by atomic mass is 79.9. The molecule has 0 fully saturated rings. The van der Waals surface area contributed by atoms with E-state index in [9.17, 15) is 0 Å². The summed E-state index contributed by atoms with van der Waals surface area (Å²) in [5.74, 6) is 0.715. The highest BCUT2D eigenvalue weighted by Crippen LogP contribution is 2.28. The molecule has 0 bridgehead atoms. The highest BCUT2D eigenvalue weighted by molar-refractivity contribution is 9.10. The predicted octanol–water partition coefficient (Wildman–Crippen LogP) is 2.46. The van der Waals surface area contributed by atoms with E-state index in [2.05, 4.69) is 15.9 Å². The first-order valence-corrected chi connectivity index (χ1v) is 5.65. The minimum atomic E-state index is -0.146. The molecule has 0 aliphatic rings.